The summed E-state index contributed by atoms with van der Waals surface area (Å²) < 4.78 is 13.4. The van der Waals surface area contributed by atoms with Crippen LogP contribution in [0.2, 0.25) is 0 Å². The van der Waals surface area contributed by atoms with Gasteiger partial charge in [0, 0.05) is 17.5 Å². The van der Waals surface area contributed by atoms with Gasteiger partial charge in [-0.05, 0) is 31.0 Å². The van der Waals surface area contributed by atoms with Gasteiger partial charge in [0.1, 0.15) is 5.82 Å². The summed E-state index contributed by atoms with van der Waals surface area (Å²) in [4.78, 5) is 13.4. The van der Waals surface area contributed by atoms with Crippen LogP contribution < -0.4 is 10.2 Å². The predicted molar refractivity (Wildman–Crippen MR) is 78.3 cm³/mol. The standard InChI is InChI=1S/C16H23FN2O/c1-11-6-12(2)9-19(8-11)10-16(20)18-14-5-4-13(3)15(17)7-14/h4-5,7,11-12H,6,8-10H2,1-3H3,(H,18,20)/p+1/t11-,12-/m1/s1. The number of likely N-dealkylation sites (tertiary alicyclic amines) is 1. The third kappa shape index (κ3) is 4.04. The van der Waals surface area contributed by atoms with Crippen molar-refractivity contribution in [3.63, 3.8) is 0 Å². The van der Waals surface area contributed by atoms with Crippen molar-refractivity contribution >= 4 is 11.6 Å². The summed E-state index contributed by atoms with van der Waals surface area (Å²) in [5.41, 5.74) is 1.13. The number of hydrogen-bond acceptors (Lipinski definition) is 1. The van der Waals surface area contributed by atoms with Gasteiger partial charge in [-0.25, -0.2) is 4.39 Å². The van der Waals surface area contributed by atoms with Crippen molar-refractivity contribution in [2.45, 2.75) is 27.2 Å². The Hall–Kier alpha value is -1.42. The van der Waals surface area contributed by atoms with E-state index in [0.29, 0.717) is 29.6 Å². The van der Waals surface area contributed by atoms with Crippen LogP contribution in [-0.2, 0) is 4.79 Å². The molecule has 1 heterocycles. The highest BCUT2D eigenvalue weighted by Gasteiger charge is 2.26. The van der Waals surface area contributed by atoms with Crippen LogP contribution in [0.3, 0.4) is 0 Å². The molecular weight excluding hydrogens is 255 g/mol. The zero-order chi connectivity index (χ0) is 14.7. The minimum absolute atomic E-state index is 0.0375. The van der Waals surface area contributed by atoms with E-state index in [0.717, 1.165) is 13.1 Å². The predicted octanol–water partition coefficient (Wildman–Crippen LogP) is 1.63. The largest absolute Gasteiger partial charge is 0.327 e. The van der Waals surface area contributed by atoms with Crippen molar-refractivity contribution in [1.29, 1.82) is 0 Å². The van der Waals surface area contributed by atoms with Crippen molar-refractivity contribution < 1.29 is 14.1 Å². The molecule has 4 heteroatoms. The fraction of sp³-hybridized carbons (Fsp3) is 0.562. The highest BCUT2D eigenvalue weighted by molar-refractivity contribution is 5.91. The molecule has 3 nitrogen and oxygen atoms in total. The van der Waals surface area contributed by atoms with Crippen molar-refractivity contribution in [2.75, 3.05) is 25.0 Å². The highest BCUT2D eigenvalue weighted by Crippen LogP contribution is 2.14. The number of carbonyl (C=O) groups is 1. The Bertz CT molecular complexity index is 479. The maximum Gasteiger partial charge on any atom is 0.279 e. The first-order valence-electron chi connectivity index (χ1n) is 7.33. The first-order valence-corrected chi connectivity index (χ1v) is 7.33. The molecule has 0 bridgehead atoms. The molecular formula is C16H24FN2O+. The fourth-order valence-corrected chi connectivity index (χ4v) is 3.17. The van der Waals surface area contributed by atoms with E-state index in [9.17, 15) is 9.18 Å². The smallest absolute Gasteiger partial charge is 0.279 e. The van der Waals surface area contributed by atoms with Gasteiger partial charge in [0.2, 0.25) is 0 Å². The minimum Gasteiger partial charge on any atom is -0.327 e. The van der Waals surface area contributed by atoms with Gasteiger partial charge in [0.15, 0.2) is 6.54 Å². The quantitative estimate of drug-likeness (QED) is 0.866. The maximum absolute atomic E-state index is 13.4. The van der Waals surface area contributed by atoms with E-state index in [-0.39, 0.29) is 11.7 Å². The van der Waals surface area contributed by atoms with Gasteiger partial charge in [-0.2, -0.15) is 0 Å². The third-order valence-electron chi connectivity index (χ3n) is 3.95. The van der Waals surface area contributed by atoms with Crippen molar-refractivity contribution in [3.05, 3.63) is 29.6 Å². The number of benzene rings is 1. The van der Waals surface area contributed by atoms with Crippen LogP contribution in [0, 0.1) is 24.6 Å². The molecule has 0 saturated carbocycles. The van der Waals surface area contributed by atoms with Crippen LogP contribution in [0.5, 0.6) is 0 Å². The van der Waals surface area contributed by atoms with Crippen LogP contribution in [0.25, 0.3) is 0 Å². The van der Waals surface area contributed by atoms with E-state index in [1.807, 2.05) is 0 Å². The number of rotatable bonds is 3. The number of aryl methyl sites for hydroxylation is 1. The molecule has 0 aliphatic carbocycles. The lowest BCUT2D eigenvalue weighted by molar-refractivity contribution is -0.904. The Morgan fingerprint density at radius 2 is 2.00 bits per heavy atom. The summed E-state index contributed by atoms with van der Waals surface area (Å²) in [6.45, 7) is 8.73. The second kappa shape index (κ2) is 6.35. The molecule has 20 heavy (non-hydrogen) atoms. The molecule has 2 rings (SSSR count). The normalized spacial score (nSPS) is 26.3. The second-order valence-corrected chi connectivity index (χ2v) is 6.29. The van der Waals surface area contributed by atoms with E-state index in [4.69, 9.17) is 0 Å². The minimum atomic E-state index is -0.282. The number of quaternary nitrogens is 1. The van der Waals surface area contributed by atoms with Gasteiger partial charge in [0.25, 0.3) is 5.91 Å². The number of nitrogens with one attached hydrogen (secondary N) is 2. The van der Waals surface area contributed by atoms with Crippen LogP contribution >= 0.6 is 0 Å². The molecule has 2 atom stereocenters. The molecule has 1 amide bonds. The molecule has 1 aromatic carbocycles. The monoisotopic (exact) mass is 279 g/mol. The number of hydrogen-bond donors (Lipinski definition) is 2. The fourth-order valence-electron chi connectivity index (χ4n) is 3.17. The van der Waals surface area contributed by atoms with Crippen LogP contribution in [0.15, 0.2) is 18.2 Å². The van der Waals surface area contributed by atoms with Gasteiger partial charge in [0.05, 0.1) is 13.1 Å². The van der Waals surface area contributed by atoms with Crippen LogP contribution in [0.1, 0.15) is 25.8 Å². The molecule has 0 aromatic heterocycles. The Morgan fingerprint density at radius 1 is 1.35 bits per heavy atom. The van der Waals surface area contributed by atoms with E-state index < -0.39 is 0 Å². The molecule has 0 radical (unpaired) electrons. The Kier molecular flexibility index (Phi) is 4.76. The van der Waals surface area contributed by atoms with E-state index in [1.165, 1.54) is 17.4 Å². The molecule has 0 spiro atoms. The van der Waals surface area contributed by atoms with E-state index >= 15 is 0 Å². The molecule has 1 aliphatic rings. The first-order chi connectivity index (χ1) is 9.44. The van der Waals surface area contributed by atoms with E-state index in [2.05, 4.69) is 19.2 Å². The summed E-state index contributed by atoms with van der Waals surface area (Å²) in [5, 5.41) is 2.79. The number of amides is 1. The summed E-state index contributed by atoms with van der Waals surface area (Å²) in [6.07, 6.45) is 1.24. The second-order valence-electron chi connectivity index (χ2n) is 6.29. The molecule has 1 fully saturated rings. The van der Waals surface area contributed by atoms with Crippen LogP contribution in [-0.4, -0.2) is 25.5 Å². The maximum atomic E-state index is 13.4. The number of carbonyl (C=O) groups excluding carboxylic acids is 1. The molecule has 1 saturated heterocycles. The van der Waals surface area contributed by atoms with Crippen molar-refractivity contribution in [2.24, 2.45) is 11.8 Å². The first kappa shape index (κ1) is 15.0. The number of halogens is 1. The molecule has 110 valence electrons. The Balaban J connectivity index is 1.90. The lowest BCUT2D eigenvalue weighted by Crippen LogP contribution is -3.15. The average Bonchev–Trinajstić information content (AvgIpc) is 2.32. The summed E-state index contributed by atoms with van der Waals surface area (Å²) in [5.74, 6) is 1.01. The lowest BCUT2D eigenvalue weighted by atomic mass is 9.92. The Labute approximate surface area is 120 Å². The topological polar surface area (TPSA) is 33.5 Å². The average molecular weight is 279 g/mol. The van der Waals surface area contributed by atoms with E-state index in [1.54, 1.807) is 19.1 Å². The molecule has 2 N–H and O–H groups in total. The summed E-state index contributed by atoms with van der Waals surface area (Å²) in [7, 11) is 0. The number of anilines is 1. The SMILES string of the molecule is Cc1ccc(NC(=O)C[NH+]2C[C@H](C)C[C@@H](C)C2)cc1F. The van der Waals surface area contributed by atoms with Crippen molar-refractivity contribution in [3.8, 4) is 0 Å². The summed E-state index contributed by atoms with van der Waals surface area (Å²) >= 11 is 0. The van der Waals surface area contributed by atoms with Crippen molar-refractivity contribution in [1.82, 2.24) is 0 Å². The third-order valence-corrected chi connectivity index (χ3v) is 3.95. The molecule has 1 aliphatic heterocycles. The van der Waals surface area contributed by atoms with Gasteiger partial charge >= 0.3 is 0 Å². The van der Waals surface area contributed by atoms with Gasteiger partial charge < -0.3 is 10.2 Å². The van der Waals surface area contributed by atoms with Gasteiger partial charge in [-0.1, -0.05) is 19.9 Å². The zero-order valence-corrected chi connectivity index (χ0v) is 12.5. The summed E-state index contributed by atoms with van der Waals surface area (Å²) in [6, 6.07) is 4.81. The van der Waals surface area contributed by atoms with Gasteiger partial charge in [-0.15, -0.1) is 0 Å². The lowest BCUT2D eigenvalue weighted by Gasteiger charge is -2.31. The zero-order valence-electron chi connectivity index (χ0n) is 12.5. The Morgan fingerprint density at radius 3 is 2.60 bits per heavy atom. The van der Waals surface area contributed by atoms with Crippen LogP contribution in [0.4, 0.5) is 10.1 Å². The molecule has 0 unspecified atom stereocenters. The molecule has 1 aromatic rings. The highest BCUT2D eigenvalue weighted by atomic mass is 19.1. The van der Waals surface area contributed by atoms with Gasteiger partial charge in [-0.3, -0.25) is 4.79 Å². The number of piperidine rings is 1.